The highest BCUT2D eigenvalue weighted by atomic mass is 32.2. The van der Waals surface area contributed by atoms with E-state index in [1.807, 2.05) is 37.2 Å². The molecule has 0 amide bonds. The molecule has 0 heterocycles. The molecule has 3 aromatic carbocycles. The molecule has 152 valence electrons. The van der Waals surface area contributed by atoms with Crippen molar-refractivity contribution < 1.29 is 23.1 Å². The first-order valence-corrected chi connectivity index (χ1v) is 10.8. The van der Waals surface area contributed by atoms with Gasteiger partial charge in [-0.3, -0.25) is 0 Å². The maximum Gasteiger partial charge on any atom is 0.252 e. The number of benzene rings is 3. The molecule has 7 heteroatoms. The smallest absolute Gasteiger partial charge is 0.252 e. The number of hydrogen-bond acceptors (Lipinski definition) is 6. The Bertz CT molecular complexity index is 1110. The first-order chi connectivity index (χ1) is 13.8. The summed E-state index contributed by atoms with van der Waals surface area (Å²) in [6.07, 6.45) is -2.61. The minimum Gasteiger partial charge on any atom is -0.542 e. The van der Waals surface area contributed by atoms with E-state index in [0.717, 1.165) is 11.1 Å². The van der Waals surface area contributed by atoms with Crippen LogP contribution in [-0.4, -0.2) is 34.4 Å². The third-order valence-electron chi connectivity index (χ3n) is 4.73. The fourth-order valence-electron chi connectivity index (χ4n) is 3.38. The highest BCUT2D eigenvalue weighted by Gasteiger charge is 2.21. The Morgan fingerprint density at radius 1 is 0.966 bits per heavy atom. The molecule has 29 heavy (non-hydrogen) atoms. The van der Waals surface area contributed by atoms with Crippen LogP contribution in [0, 0.1) is 0 Å². The van der Waals surface area contributed by atoms with Gasteiger partial charge in [0.15, 0.2) is 9.84 Å². The summed E-state index contributed by atoms with van der Waals surface area (Å²) < 4.78 is 31.1. The zero-order chi connectivity index (χ0) is 21.0. The van der Waals surface area contributed by atoms with Crippen LogP contribution in [0.5, 0.6) is 0 Å². The molecule has 0 radical (unpaired) electrons. The van der Waals surface area contributed by atoms with E-state index in [4.69, 9.17) is 4.74 Å². The second-order valence-electron chi connectivity index (χ2n) is 6.90. The van der Waals surface area contributed by atoms with Gasteiger partial charge < -0.3 is 19.5 Å². The van der Waals surface area contributed by atoms with E-state index >= 15 is 0 Å². The molecular formula is C22H22NO5S-. The van der Waals surface area contributed by atoms with Crippen LogP contribution < -0.4 is 10.0 Å². The fraction of sp³-hybridized carbons (Fsp3) is 0.227. The van der Waals surface area contributed by atoms with Crippen LogP contribution in [-0.2, 0) is 14.6 Å². The number of carbonyl (C=O) groups excluding carboxylic acids is 1. The molecular weight excluding hydrogens is 390 g/mol. The number of carbonyl (C=O) groups is 1. The van der Waals surface area contributed by atoms with Gasteiger partial charge in [-0.1, -0.05) is 54.6 Å². The number of rotatable bonds is 7. The van der Waals surface area contributed by atoms with Gasteiger partial charge >= 0.3 is 0 Å². The minimum absolute atomic E-state index is 0.00984. The van der Waals surface area contributed by atoms with Gasteiger partial charge in [-0.15, -0.1) is 0 Å². The first kappa shape index (κ1) is 20.7. The van der Waals surface area contributed by atoms with Gasteiger partial charge in [0.2, 0.25) is 0 Å². The van der Waals surface area contributed by atoms with Crippen LogP contribution in [0.15, 0.2) is 71.6 Å². The van der Waals surface area contributed by atoms with Crippen LogP contribution in [0.25, 0.3) is 10.8 Å². The van der Waals surface area contributed by atoms with Crippen LogP contribution in [0.3, 0.4) is 0 Å². The summed E-state index contributed by atoms with van der Waals surface area (Å²) >= 11 is 0. The Labute approximate surface area is 170 Å². The first-order valence-electron chi connectivity index (χ1n) is 9.14. The quantitative estimate of drug-likeness (QED) is 0.554. The highest BCUT2D eigenvalue weighted by Crippen LogP contribution is 2.32. The van der Waals surface area contributed by atoms with Gasteiger partial charge in [-0.25, -0.2) is 8.42 Å². The molecule has 0 bridgehead atoms. The maximum atomic E-state index is 13.1. The number of sulfone groups is 1. The summed E-state index contributed by atoms with van der Waals surface area (Å²) in [5.41, 5.74) is 1.50. The van der Waals surface area contributed by atoms with Gasteiger partial charge in [0, 0.05) is 30.6 Å². The second kappa shape index (κ2) is 8.53. The SMILES string of the molecule is CN(C)c1cccc2c(S(=O)(=O)CCC(OC(=O)[O-])c3ccccc3)cccc12. The summed E-state index contributed by atoms with van der Waals surface area (Å²) in [5.74, 6) is -0.259. The van der Waals surface area contributed by atoms with Crippen LogP contribution in [0.4, 0.5) is 10.5 Å². The van der Waals surface area contributed by atoms with Gasteiger partial charge in [0.1, 0.15) is 0 Å². The third-order valence-corrected chi connectivity index (χ3v) is 6.53. The summed E-state index contributed by atoms with van der Waals surface area (Å²) in [6, 6.07) is 19.4. The van der Waals surface area contributed by atoms with Gasteiger partial charge in [-0.2, -0.15) is 0 Å². The van der Waals surface area contributed by atoms with E-state index in [-0.39, 0.29) is 17.1 Å². The Morgan fingerprint density at radius 3 is 2.28 bits per heavy atom. The van der Waals surface area contributed by atoms with Crippen molar-refractivity contribution in [3.05, 3.63) is 72.3 Å². The summed E-state index contributed by atoms with van der Waals surface area (Å²) in [4.78, 5) is 13.1. The molecule has 0 aliphatic rings. The topological polar surface area (TPSA) is 86.7 Å². The molecule has 0 aliphatic heterocycles. The van der Waals surface area contributed by atoms with Gasteiger partial charge in [0.25, 0.3) is 6.16 Å². The number of anilines is 1. The van der Waals surface area contributed by atoms with E-state index in [1.165, 1.54) is 0 Å². The van der Waals surface area contributed by atoms with Gasteiger partial charge in [0.05, 0.1) is 16.8 Å². The number of fused-ring (bicyclic) bond motifs is 1. The Balaban J connectivity index is 1.93. The third kappa shape index (κ3) is 4.68. The normalized spacial score (nSPS) is 12.5. The summed E-state index contributed by atoms with van der Waals surface area (Å²) in [6.45, 7) is 0. The number of ether oxygens (including phenoxy) is 1. The average Bonchev–Trinajstić information content (AvgIpc) is 2.70. The Kier molecular flexibility index (Phi) is 6.08. The van der Waals surface area contributed by atoms with Crippen molar-refractivity contribution in [1.29, 1.82) is 0 Å². The summed E-state index contributed by atoms with van der Waals surface area (Å²) in [5, 5.41) is 12.4. The lowest BCUT2D eigenvalue weighted by atomic mass is 10.1. The minimum atomic E-state index is -3.68. The molecule has 0 fully saturated rings. The van der Waals surface area contributed by atoms with Crippen molar-refractivity contribution in [3.8, 4) is 0 Å². The second-order valence-corrected chi connectivity index (χ2v) is 8.98. The van der Waals surface area contributed by atoms with E-state index in [2.05, 4.69) is 0 Å². The van der Waals surface area contributed by atoms with Crippen LogP contribution in [0.1, 0.15) is 18.1 Å². The zero-order valence-electron chi connectivity index (χ0n) is 16.2. The van der Waals surface area contributed by atoms with Crippen LogP contribution in [0.2, 0.25) is 0 Å². The Morgan fingerprint density at radius 2 is 1.62 bits per heavy atom. The number of carboxylic acid groups (broad SMARTS) is 1. The van der Waals surface area contributed by atoms with Gasteiger partial charge in [-0.05, 0) is 24.1 Å². The van der Waals surface area contributed by atoms with Crippen LogP contribution >= 0.6 is 0 Å². The molecule has 0 saturated heterocycles. The largest absolute Gasteiger partial charge is 0.542 e. The maximum absolute atomic E-state index is 13.1. The van der Waals surface area contributed by atoms with Crippen molar-refractivity contribution in [2.45, 2.75) is 17.4 Å². The monoisotopic (exact) mass is 412 g/mol. The lowest BCUT2D eigenvalue weighted by Gasteiger charge is -2.23. The average molecular weight is 412 g/mol. The van der Waals surface area contributed by atoms with E-state index in [1.54, 1.807) is 48.5 Å². The summed E-state index contributed by atoms with van der Waals surface area (Å²) in [7, 11) is 0.121. The Hall–Kier alpha value is -3.06. The molecule has 6 nitrogen and oxygen atoms in total. The zero-order valence-corrected chi connectivity index (χ0v) is 17.1. The van der Waals surface area contributed by atoms with Crippen molar-refractivity contribution in [1.82, 2.24) is 0 Å². The van der Waals surface area contributed by atoms with E-state index < -0.39 is 22.1 Å². The molecule has 3 aromatic rings. The molecule has 0 aliphatic carbocycles. The van der Waals surface area contributed by atoms with E-state index in [0.29, 0.717) is 10.9 Å². The molecule has 0 spiro atoms. The van der Waals surface area contributed by atoms with Crippen molar-refractivity contribution in [2.24, 2.45) is 0 Å². The molecule has 1 atom stereocenters. The lowest BCUT2D eigenvalue weighted by molar-refractivity contribution is -0.288. The van der Waals surface area contributed by atoms with Crippen molar-refractivity contribution >= 4 is 32.5 Å². The number of nitrogens with zero attached hydrogens (tertiary/aromatic N) is 1. The number of hydrogen-bond donors (Lipinski definition) is 0. The predicted molar refractivity (Wildman–Crippen MR) is 111 cm³/mol. The molecule has 0 N–H and O–H groups in total. The predicted octanol–water partition coefficient (Wildman–Crippen LogP) is 3.17. The lowest BCUT2D eigenvalue weighted by Crippen LogP contribution is -2.26. The van der Waals surface area contributed by atoms with Crippen molar-refractivity contribution in [2.75, 3.05) is 24.7 Å². The molecule has 0 saturated carbocycles. The highest BCUT2D eigenvalue weighted by molar-refractivity contribution is 7.91. The standard InChI is InChI=1S/C22H23NO5S/c1-23(2)19-12-6-11-18-17(19)10-7-13-21(18)29(26,27)15-14-20(28-22(24)25)16-8-4-3-5-9-16/h3-13,20H,14-15H2,1-2H3,(H,24,25)/p-1. The molecule has 3 rings (SSSR count). The van der Waals surface area contributed by atoms with Crippen molar-refractivity contribution in [3.63, 3.8) is 0 Å². The van der Waals surface area contributed by atoms with E-state index in [9.17, 15) is 18.3 Å². The molecule has 0 aromatic heterocycles. The molecule has 1 unspecified atom stereocenters. The fourth-order valence-corrected chi connectivity index (χ4v) is 4.92.